The maximum Gasteiger partial charge on any atom is 0.573 e. The number of benzene rings is 4. The molecule has 0 amide bonds. The highest BCUT2D eigenvalue weighted by atomic mass is 19.4. The quantitative estimate of drug-likeness (QED) is 0.313. The minimum absolute atomic E-state index is 0.320. The Labute approximate surface area is 187 Å². The molecule has 0 fully saturated rings. The van der Waals surface area contributed by atoms with Gasteiger partial charge >= 0.3 is 12.3 Å². The van der Waals surface area contributed by atoms with Gasteiger partial charge in [-0.1, -0.05) is 54.6 Å². The minimum atomic E-state index is -4.76. The summed E-state index contributed by atoms with van der Waals surface area (Å²) in [6.45, 7) is 0. The second kappa shape index (κ2) is 9.08. The van der Waals surface area contributed by atoms with E-state index < -0.39 is 12.3 Å². The zero-order chi connectivity index (χ0) is 23.4. The van der Waals surface area contributed by atoms with E-state index in [2.05, 4.69) is 4.74 Å². The number of alkyl halides is 3. The Bertz CT molecular complexity index is 1330. The van der Waals surface area contributed by atoms with Gasteiger partial charge in [-0.15, -0.1) is 13.2 Å². The number of carbonyl (C=O) groups is 1. The normalized spacial score (nSPS) is 11.6. The van der Waals surface area contributed by atoms with Crippen molar-refractivity contribution in [3.8, 4) is 28.4 Å². The van der Waals surface area contributed by atoms with Crippen molar-refractivity contribution in [3.63, 3.8) is 0 Å². The van der Waals surface area contributed by atoms with Gasteiger partial charge in [0.05, 0.1) is 0 Å². The van der Waals surface area contributed by atoms with E-state index in [1.54, 1.807) is 18.2 Å². The van der Waals surface area contributed by atoms with Crippen LogP contribution in [0.1, 0.15) is 5.56 Å². The monoisotopic (exact) mass is 450 g/mol. The smallest absolute Gasteiger partial charge is 0.478 e. The molecule has 0 aliphatic heterocycles. The Hall–Kier alpha value is -4.26. The first kappa shape index (κ1) is 22.0. The SMILES string of the molecule is O=C(O)C=Cc1ccc(-c2ccc(OC(F)(F)F)cc2)cc1Oc1ccc2ccccc2c1. The van der Waals surface area contributed by atoms with Crippen LogP contribution >= 0.6 is 0 Å². The largest absolute Gasteiger partial charge is 0.573 e. The number of ether oxygens (including phenoxy) is 2. The molecule has 0 atom stereocenters. The summed E-state index contributed by atoms with van der Waals surface area (Å²) < 4.78 is 47.2. The van der Waals surface area contributed by atoms with Crippen molar-refractivity contribution in [2.75, 3.05) is 0 Å². The summed E-state index contributed by atoms with van der Waals surface area (Å²) in [4.78, 5) is 11.0. The molecule has 0 unspecified atom stereocenters. The highest BCUT2D eigenvalue weighted by molar-refractivity contribution is 5.87. The van der Waals surface area contributed by atoms with E-state index in [4.69, 9.17) is 9.84 Å². The zero-order valence-electron chi connectivity index (χ0n) is 17.0. The minimum Gasteiger partial charge on any atom is -0.478 e. The molecular formula is C26H17F3O4. The first-order chi connectivity index (χ1) is 15.8. The van der Waals surface area contributed by atoms with Crippen LogP contribution in [0, 0.1) is 0 Å². The number of hydrogen-bond acceptors (Lipinski definition) is 3. The lowest BCUT2D eigenvalue weighted by molar-refractivity contribution is -0.274. The summed E-state index contributed by atoms with van der Waals surface area (Å²) in [6.07, 6.45) is -2.34. The molecule has 0 bridgehead atoms. The molecule has 0 radical (unpaired) electrons. The van der Waals surface area contributed by atoms with E-state index in [-0.39, 0.29) is 5.75 Å². The predicted octanol–water partition coefficient (Wildman–Crippen LogP) is 7.30. The van der Waals surface area contributed by atoms with Crippen LogP contribution in [0.2, 0.25) is 0 Å². The van der Waals surface area contributed by atoms with Crippen molar-refractivity contribution in [2.45, 2.75) is 6.36 Å². The summed E-state index contributed by atoms with van der Waals surface area (Å²) in [6, 6.07) is 24.0. The number of fused-ring (bicyclic) bond motifs is 1. The van der Waals surface area contributed by atoms with Crippen LogP contribution in [0.4, 0.5) is 13.2 Å². The fraction of sp³-hybridized carbons (Fsp3) is 0.0385. The van der Waals surface area contributed by atoms with Gasteiger partial charge in [0.15, 0.2) is 0 Å². The first-order valence-electron chi connectivity index (χ1n) is 9.85. The van der Waals surface area contributed by atoms with E-state index in [0.29, 0.717) is 28.2 Å². The zero-order valence-corrected chi connectivity index (χ0v) is 17.0. The second-order valence-corrected chi connectivity index (χ2v) is 7.11. The van der Waals surface area contributed by atoms with Gasteiger partial charge in [0.1, 0.15) is 17.2 Å². The Kier molecular flexibility index (Phi) is 6.04. The summed E-state index contributed by atoms with van der Waals surface area (Å²) in [5.74, 6) is -0.462. The number of aliphatic carboxylic acids is 1. The van der Waals surface area contributed by atoms with Crippen LogP contribution in [0.3, 0.4) is 0 Å². The Morgan fingerprint density at radius 3 is 2.15 bits per heavy atom. The van der Waals surface area contributed by atoms with Crippen LogP contribution in [-0.4, -0.2) is 17.4 Å². The van der Waals surface area contributed by atoms with E-state index in [1.165, 1.54) is 30.3 Å². The van der Waals surface area contributed by atoms with Crippen molar-refractivity contribution in [2.24, 2.45) is 0 Å². The van der Waals surface area contributed by atoms with Crippen molar-refractivity contribution in [1.82, 2.24) is 0 Å². The molecule has 0 saturated carbocycles. The molecule has 4 aromatic rings. The topological polar surface area (TPSA) is 55.8 Å². The Balaban J connectivity index is 1.68. The highest BCUT2D eigenvalue weighted by Crippen LogP contribution is 2.34. The maximum absolute atomic E-state index is 12.4. The van der Waals surface area contributed by atoms with Crippen LogP contribution < -0.4 is 9.47 Å². The van der Waals surface area contributed by atoms with Gasteiger partial charge in [-0.2, -0.15) is 0 Å². The van der Waals surface area contributed by atoms with Gasteiger partial charge < -0.3 is 14.6 Å². The Morgan fingerprint density at radius 1 is 0.788 bits per heavy atom. The highest BCUT2D eigenvalue weighted by Gasteiger charge is 2.30. The molecule has 4 rings (SSSR count). The lowest BCUT2D eigenvalue weighted by Gasteiger charge is -2.13. The van der Waals surface area contributed by atoms with Crippen molar-refractivity contribution < 1.29 is 32.5 Å². The molecule has 7 heteroatoms. The number of rotatable bonds is 6. The van der Waals surface area contributed by atoms with Gasteiger partial charge in [0, 0.05) is 11.6 Å². The molecule has 166 valence electrons. The van der Waals surface area contributed by atoms with Crippen LogP contribution in [-0.2, 0) is 4.79 Å². The molecule has 0 saturated heterocycles. The lowest BCUT2D eigenvalue weighted by Crippen LogP contribution is -2.16. The fourth-order valence-corrected chi connectivity index (χ4v) is 3.31. The van der Waals surface area contributed by atoms with Gasteiger partial charge in [-0.25, -0.2) is 4.79 Å². The maximum atomic E-state index is 12.4. The summed E-state index contributed by atoms with van der Waals surface area (Å²) in [5.41, 5.74) is 1.85. The van der Waals surface area contributed by atoms with Crippen molar-refractivity contribution in [3.05, 3.63) is 96.6 Å². The fourth-order valence-electron chi connectivity index (χ4n) is 3.31. The molecule has 0 spiro atoms. The third kappa shape index (κ3) is 5.71. The van der Waals surface area contributed by atoms with Crippen LogP contribution in [0.15, 0.2) is 91.0 Å². The average Bonchev–Trinajstić information content (AvgIpc) is 2.77. The molecular weight excluding hydrogens is 433 g/mol. The second-order valence-electron chi connectivity index (χ2n) is 7.11. The van der Waals surface area contributed by atoms with Gasteiger partial charge in [0.2, 0.25) is 0 Å². The van der Waals surface area contributed by atoms with Gasteiger partial charge in [-0.05, 0) is 58.3 Å². The van der Waals surface area contributed by atoms with Crippen LogP contribution in [0.5, 0.6) is 17.2 Å². The molecule has 1 N–H and O–H groups in total. The van der Waals surface area contributed by atoms with Crippen molar-refractivity contribution in [1.29, 1.82) is 0 Å². The molecule has 0 aliphatic rings. The standard InChI is InChI=1S/C26H17F3O4/c27-26(28,29)33-22-11-7-18(8-12-22)21-6-5-19(10-14-25(30)31)24(16-21)32-23-13-9-17-3-1-2-4-20(17)15-23/h1-16H,(H,30,31). The molecule has 4 aromatic carbocycles. The van der Waals surface area contributed by atoms with E-state index >= 15 is 0 Å². The van der Waals surface area contributed by atoms with E-state index in [9.17, 15) is 18.0 Å². The number of carboxylic acid groups (broad SMARTS) is 1. The first-order valence-corrected chi connectivity index (χ1v) is 9.85. The molecule has 33 heavy (non-hydrogen) atoms. The third-order valence-corrected chi connectivity index (χ3v) is 4.79. The van der Waals surface area contributed by atoms with E-state index in [1.807, 2.05) is 42.5 Å². The Morgan fingerprint density at radius 2 is 1.45 bits per heavy atom. The van der Waals surface area contributed by atoms with Crippen molar-refractivity contribution >= 4 is 22.8 Å². The lowest BCUT2D eigenvalue weighted by atomic mass is 10.0. The number of carboxylic acids is 1. The molecule has 4 nitrogen and oxygen atoms in total. The number of hydrogen-bond donors (Lipinski definition) is 1. The van der Waals surface area contributed by atoms with Gasteiger partial charge in [-0.3, -0.25) is 0 Å². The third-order valence-electron chi connectivity index (χ3n) is 4.79. The summed E-state index contributed by atoms with van der Waals surface area (Å²) >= 11 is 0. The summed E-state index contributed by atoms with van der Waals surface area (Å²) in [5, 5.41) is 11.0. The molecule has 0 heterocycles. The van der Waals surface area contributed by atoms with Crippen LogP contribution in [0.25, 0.3) is 28.0 Å². The average molecular weight is 450 g/mol. The van der Waals surface area contributed by atoms with Gasteiger partial charge in [0.25, 0.3) is 0 Å². The van der Waals surface area contributed by atoms with E-state index in [0.717, 1.165) is 16.8 Å². The molecule has 0 aliphatic carbocycles. The number of halogens is 3. The predicted molar refractivity (Wildman–Crippen MR) is 119 cm³/mol. The molecule has 0 aromatic heterocycles. The summed E-state index contributed by atoms with van der Waals surface area (Å²) in [7, 11) is 0.